The van der Waals surface area contributed by atoms with Gasteiger partial charge in [-0.1, -0.05) is 24.3 Å². The number of nitrogens with one attached hydrogen (secondary N) is 1. The highest BCUT2D eigenvalue weighted by Crippen LogP contribution is 2.26. The molecular formula is C15H16IN3O2. The molecule has 0 atom stereocenters. The summed E-state index contributed by atoms with van der Waals surface area (Å²) in [6, 6.07) is 13.2. The topological polar surface area (TPSA) is 81.2 Å². The van der Waals surface area contributed by atoms with Gasteiger partial charge in [0.05, 0.1) is 4.92 Å². The van der Waals surface area contributed by atoms with Crippen LogP contribution >= 0.6 is 22.6 Å². The van der Waals surface area contributed by atoms with Crippen LogP contribution in [0.1, 0.15) is 11.1 Å². The lowest BCUT2D eigenvalue weighted by atomic mass is 10.1. The number of anilines is 1. The van der Waals surface area contributed by atoms with Crippen molar-refractivity contribution in [2.24, 2.45) is 5.73 Å². The molecule has 0 spiro atoms. The molecule has 0 aromatic heterocycles. The van der Waals surface area contributed by atoms with Crippen LogP contribution in [0.5, 0.6) is 0 Å². The number of halogens is 1. The van der Waals surface area contributed by atoms with Gasteiger partial charge in [-0.3, -0.25) is 10.1 Å². The van der Waals surface area contributed by atoms with Gasteiger partial charge in [-0.2, -0.15) is 0 Å². The highest BCUT2D eigenvalue weighted by atomic mass is 127. The van der Waals surface area contributed by atoms with Gasteiger partial charge < -0.3 is 11.1 Å². The van der Waals surface area contributed by atoms with Crippen molar-refractivity contribution in [2.45, 2.75) is 13.0 Å². The Labute approximate surface area is 136 Å². The van der Waals surface area contributed by atoms with Gasteiger partial charge in [-0.15, -0.1) is 0 Å². The van der Waals surface area contributed by atoms with E-state index in [4.69, 9.17) is 5.73 Å². The van der Waals surface area contributed by atoms with Gasteiger partial charge in [0, 0.05) is 16.2 Å². The minimum Gasteiger partial charge on any atom is -0.375 e. The Morgan fingerprint density at radius 3 is 2.43 bits per heavy atom. The van der Waals surface area contributed by atoms with E-state index < -0.39 is 0 Å². The summed E-state index contributed by atoms with van der Waals surface area (Å²) in [6.07, 6.45) is 0.857. The number of nitrogens with two attached hydrogens (primary N) is 1. The maximum Gasteiger partial charge on any atom is 0.293 e. The number of benzene rings is 2. The lowest BCUT2D eigenvalue weighted by molar-refractivity contribution is -0.384. The molecule has 2 rings (SSSR count). The van der Waals surface area contributed by atoms with Crippen LogP contribution in [0, 0.1) is 13.7 Å². The Morgan fingerprint density at radius 2 is 1.81 bits per heavy atom. The number of hydrogen-bond acceptors (Lipinski definition) is 4. The Morgan fingerprint density at radius 1 is 1.14 bits per heavy atom. The van der Waals surface area contributed by atoms with E-state index in [1.807, 2.05) is 30.3 Å². The Kier molecular flexibility index (Phi) is 5.51. The van der Waals surface area contributed by atoms with Gasteiger partial charge in [0.1, 0.15) is 5.69 Å². The SMILES string of the molecule is NCCc1ccc(CNc2ccc(I)cc2[N+](=O)[O-])cc1. The second-order valence-electron chi connectivity index (χ2n) is 4.63. The average Bonchev–Trinajstić information content (AvgIpc) is 2.47. The molecule has 0 saturated heterocycles. The first-order valence-electron chi connectivity index (χ1n) is 6.56. The quantitative estimate of drug-likeness (QED) is 0.445. The summed E-state index contributed by atoms with van der Waals surface area (Å²) in [5, 5.41) is 14.2. The van der Waals surface area contributed by atoms with E-state index in [-0.39, 0.29) is 10.6 Å². The molecule has 0 amide bonds. The molecule has 6 heteroatoms. The zero-order valence-electron chi connectivity index (χ0n) is 11.4. The second-order valence-corrected chi connectivity index (χ2v) is 5.87. The van der Waals surface area contributed by atoms with E-state index in [1.54, 1.807) is 12.1 Å². The summed E-state index contributed by atoms with van der Waals surface area (Å²) in [5.41, 5.74) is 8.41. The van der Waals surface area contributed by atoms with E-state index in [1.165, 1.54) is 5.56 Å². The molecule has 0 fully saturated rings. The van der Waals surface area contributed by atoms with Gasteiger partial charge in [0.15, 0.2) is 0 Å². The molecule has 3 N–H and O–H groups in total. The van der Waals surface area contributed by atoms with Crippen LogP contribution in [0.15, 0.2) is 42.5 Å². The maximum absolute atomic E-state index is 11.1. The van der Waals surface area contributed by atoms with Gasteiger partial charge in [-0.25, -0.2) is 0 Å². The minimum absolute atomic E-state index is 0.0988. The van der Waals surface area contributed by atoms with E-state index in [9.17, 15) is 10.1 Å². The van der Waals surface area contributed by atoms with Crippen molar-refractivity contribution in [3.05, 3.63) is 67.3 Å². The Bertz CT molecular complexity index is 629. The molecule has 2 aromatic carbocycles. The molecule has 0 unspecified atom stereocenters. The van der Waals surface area contributed by atoms with Gasteiger partial charge in [0.2, 0.25) is 0 Å². The Balaban J connectivity index is 2.07. The van der Waals surface area contributed by atoms with Crippen molar-refractivity contribution in [1.82, 2.24) is 0 Å². The standard InChI is InChI=1S/C15H16IN3O2/c16-13-5-6-14(15(9-13)19(20)21)18-10-12-3-1-11(2-4-12)7-8-17/h1-6,9,18H,7-8,10,17H2. The van der Waals surface area contributed by atoms with Crippen molar-refractivity contribution in [3.63, 3.8) is 0 Å². The summed E-state index contributed by atoms with van der Waals surface area (Å²) < 4.78 is 0.844. The predicted molar refractivity (Wildman–Crippen MR) is 92.3 cm³/mol. The van der Waals surface area contributed by atoms with Crippen LogP contribution in [-0.2, 0) is 13.0 Å². The van der Waals surface area contributed by atoms with E-state index >= 15 is 0 Å². The van der Waals surface area contributed by atoms with Crippen molar-refractivity contribution in [2.75, 3.05) is 11.9 Å². The van der Waals surface area contributed by atoms with E-state index in [0.717, 1.165) is 15.6 Å². The average molecular weight is 397 g/mol. The molecule has 0 saturated carbocycles. The molecular weight excluding hydrogens is 381 g/mol. The van der Waals surface area contributed by atoms with Crippen LogP contribution in [0.25, 0.3) is 0 Å². The first-order valence-corrected chi connectivity index (χ1v) is 7.63. The highest BCUT2D eigenvalue weighted by Gasteiger charge is 2.13. The first kappa shape index (κ1) is 15.7. The largest absolute Gasteiger partial charge is 0.375 e. The zero-order chi connectivity index (χ0) is 15.2. The molecule has 110 valence electrons. The summed E-state index contributed by atoms with van der Waals surface area (Å²) in [6.45, 7) is 1.18. The fourth-order valence-electron chi connectivity index (χ4n) is 1.99. The Hall–Kier alpha value is -1.67. The normalized spacial score (nSPS) is 10.4. The lowest BCUT2D eigenvalue weighted by Crippen LogP contribution is -2.04. The minimum atomic E-state index is -0.366. The molecule has 0 bridgehead atoms. The molecule has 5 nitrogen and oxygen atoms in total. The van der Waals surface area contributed by atoms with Gasteiger partial charge in [0.25, 0.3) is 5.69 Å². The third kappa shape index (κ3) is 4.40. The van der Waals surface area contributed by atoms with Crippen molar-refractivity contribution in [1.29, 1.82) is 0 Å². The molecule has 0 aliphatic carbocycles. The zero-order valence-corrected chi connectivity index (χ0v) is 13.5. The summed E-state index contributed by atoms with van der Waals surface area (Å²) in [7, 11) is 0. The number of nitro benzene ring substituents is 1. The molecule has 0 aliphatic rings. The number of rotatable bonds is 6. The van der Waals surface area contributed by atoms with Crippen LogP contribution < -0.4 is 11.1 Å². The number of nitro groups is 1. The highest BCUT2D eigenvalue weighted by molar-refractivity contribution is 14.1. The lowest BCUT2D eigenvalue weighted by Gasteiger charge is -2.08. The van der Waals surface area contributed by atoms with E-state index in [0.29, 0.717) is 18.8 Å². The second kappa shape index (κ2) is 7.37. The monoisotopic (exact) mass is 397 g/mol. The molecule has 0 aliphatic heterocycles. The van der Waals surface area contributed by atoms with Crippen molar-refractivity contribution < 1.29 is 4.92 Å². The van der Waals surface area contributed by atoms with E-state index in [2.05, 4.69) is 27.9 Å². The molecule has 21 heavy (non-hydrogen) atoms. The van der Waals surface area contributed by atoms with Crippen LogP contribution in [0.4, 0.5) is 11.4 Å². The first-order chi connectivity index (χ1) is 10.1. The fraction of sp³-hybridized carbons (Fsp3) is 0.200. The van der Waals surface area contributed by atoms with Gasteiger partial charge in [-0.05, 0) is 58.8 Å². The van der Waals surface area contributed by atoms with Crippen molar-refractivity contribution >= 4 is 34.0 Å². The van der Waals surface area contributed by atoms with Crippen molar-refractivity contribution in [3.8, 4) is 0 Å². The van der Waals surface area contributed by atoms with Crippen LogP contribution in [0.2, 0.25) is 0 Å². The molecule has 0 radical (unpaired) electrons. The smallest absolute Gasteiger partial charge is 0.293 e. The van der Waals surface area contributed by atoms with Crippen LogP contribution in [0.3, 0.4) is 0 Å². The number of hydrogen-bond donors (Lipinski definition) is 2. The molecule has 2 aromatic rings. The van der Waals surface area contributed by atoms with Crippen LogP contribution in [-0.4, -0.2) is 11.5 Å². The third-order valence-electron chi connectivity index (χ3n) is 3.10. The molecule has 0 heterocycles. The van der Waals surface area contributed by atoms with Gasteiger partial charge >= 0.3 is 0 Å². The third-order valence-corrected chi connectivity index (χ3v) is 3.77. The summed E-state index contributed by atoms with van der Waals surface area (Å²) >= 11 is 2.06. The predicted octanol–water partition coefficient (Wildman–Crippen LogP) is 3.31. The number of nitrogens with zero attached hydrogens (tertiary/aromatic N) is 1. The fourth-order valence-corrected chi connectivity index (χ4v) is 2.47. The maximum atomic E-state index is 11.1. The summed E-state index contributed by atoms with van der Waals surface area (Å²) in [5.74, 6) is 0. The summed E-state index contributed by atoms with van der Waals surface area (Å²) in [4.78, 5) is 10.7.